The van der Waals surface area contributed by atoms with E-state index in [-0.39, 0.29) is 12.0 Å². The fourth-order valence-corrected chi connectivity index (χ4v) is 13.7. The number of esters is 3. The SMILES string of the molecule is CC[C@]1(O)C[C@@H]2CN(CCc3c([nH]c4ccc(C)cc34)C(C(=O)OC)(c3cc4c(cc3OC)N(C)[C@H]3C(O)(C(=O)OC)[C@H](OC(C)=O)[C@]5(CC)C=CCN6CC[C@]43[C@@H]65)C2)C1. The number of carbonyl (C=O) groups excluding carboxylic acids is 3. The minimum Gasteiger partial charge on any atom is -0.496 e. The lowest BCUT2D eigenvalue weighted by Crippen LogP contribution is -2.81. The fourth-order valence-electron chi connectivity index (χ4n) is 13.7. The highest BCUT2D eigenvalue weighted by Crippen LogP contribution is 2.68. The van der Waals surface area contributed by atoms with Crippen molar-refractivity contribution in [3.05, 3.63) is 70.4 Å². The van der Waals surface area contributed by atoms with Gasteiger partial charge in [-0.3, -0.25) is 19.4 Å². The highest BCUT2D eigenvalue weighted by atomic mass is 16.6. The number of carbonyl (C=O) groups is 3. The number of aliphatic hydroxyl groups is 2. The van der Waals surface area contributed by atoms with Gasteiger partial charge in [0.2, 0.25) is 5.60 Å². The normalized spacial score (nSPS) is 36.6. The number of fused-ring (bicyclic) bond motifs is 6. The van der Waals surface area contributed by atoms with Gasteiger partial charge in [0.25, 0.3) is 0 Å². The molecule has 13 nitrogen and oxygen atoms in total. The molecule has 2 bridgehead atoms. The van der Waals surface area contributed by atoms with E-state index in [0.717, 1.165) is 39.0 Å². The topological polar surface area (TPSA) is 154 Å². The average Bonchev–Trinajstić information content (AvgIpc) is 3.89. The Bertz CT molecular complexity index is 2310. The van der Waals surface area contributed by atoms with Crippen LogP contribution in [0, 0.1) is 18.3 Å². The van der Waals surface area contributed by atoms with Crippen LogP contribution in [0.3, 0.4) is 0 Å². The van der Waals surface area contributed by atoms with E-state index < -0.39 is 57.5 Å². The zero-order valence-electron chi connectivity index (χ0n) is 36.2. The van der Waals surface area contributed by atoms with Gasteiger partial charge in [-0.15, -0.1) is 0 Å². The van der Waals surface area contributed by atoms with Gasteiger partial charge in [0.15, 0.2) is 6.10 Å². The first-order valence-electron chi connectivity index (χ1n) is 21.6. The Morgan fingerprint density at radius 2 is 1.72 bits per heavy atom. The van der Waals surface area contributed by atoms with E-state index in [1.165, 1.54) is 21.1 Å². The molecule has 0 amide bonds. The van der Waals surface area contributed by atoms with Crippen molar-refractivity contribution in [1.29, 1.82) is 0 Å². The number of hydrogen-bond donors (Lipinski definition) is 3. The molecule has 3 aromatic rings. The van der Waals surface area contributed by atoms with E-state index in [4.69, 9.17) is 18.9 Å². The second-order valence-corrected chi connectivity index (χ2v) is 18.7. The summed E-state index contributed by atoms with van der Waals surface area (Å²) in [4.78, 5) is 53.3. The van der Waals surface area contributed by atoms with Crippen LogP contribution >= 0.6 is 0 Å². The zero-order valence-corrected chi connectivity index (χ0v) is 36.2. The number of ether oxygens (including phenoxy) is 4. The van der Waals surface area contributed by atoms with Crippen molar-refractivity contribution in [2.24, 2.45) is 11.3 Å². The predicted octanol–water partition coefficient (Wildman–Crippen LogP) is 4.30. The van der Waals surface area contributed by atoms with E-state index in [1.807, 2.05) is 31.9 Å². The van der Waals surface area contributed by atoms with Gasteiger partial charge in [-0.2, -0.15) is 0 Å². The van der Waals surface area contributed by atoms with Crippen LogP contribution in [-0.2, 0) is 45.8 Å². The summed E-state index contributed by atoms with van der Waals surface area (Å²) in [6.45, 7) is 10.7. The molecule has 1 aliphatic carbocycles. The molecule has 322 valence electrons. The lowest BCUT2D eigenvalue weighted by Gasteiger charge is -2.63. The lowest BCUT2D eigenvalue weighted by atomic mass is 9.47. The van der Waals surface area contributed by atoms with Crippen molar-refractivity contribution >= 4 is 34.5 Å². The highest BCUT2D eigenvalue weighted by molar-refractivity contribution is 5.95. The molecule has 9 rings (SSSR count). The predicted molar refractivity (Wildman–Crippen MR) is 225 cm³/mol. The second-order valence-electron chi connectivity index (χ2n) is 18.7. The molecule has 3 unspecified atom stereocenters. The Labute approximate surface area is 352 Å². The number of aryl methyl sites for hydroxylation is 1. The number of nitrogens with one attached hydrogen (secondary N) is 1. The highest BCUT2D eigenvalue weighted by Gasteiger charge is 2.80. The summed E-state index contributed by atoms with van der Waals surface area (Å²) in [5, 5.41) is 26.4. The molecule has 1 aromatic heterocycles. The monoisotopic (exact) mass is 824 g/mol. The molecule has 6 heterocycles. The molecule has 13 heteroatoms. The number of nitrogens with zero attached hydrogens (tertiary/aromatic N) is 3. The van der Waals surface area contributed by atoms with E-state index in [2.05, 4.69) is 58.1 Å². The molecule has 2 saturated heterocycles. The summed E-state index contributed by atoms with van der Waals surface area (Å²) in [7, 11) is 6.16. The van der Waals surface area contributed by atoms with Crippen LogP contribution in [0.2, 0.25) is 0 Å². The number of aromatic amines is 1. The number of benzene rings is 2. The molecule has 3 N–H and O–H groups in total. The number of aromatic nitrogens is 1. The van der Waals surface area contributed by atoms with Gasteiger partial charge >= 0.3 is 17.9 Å². The second kappa shape index (κ2) is 14.1. The van der Waals surface area contributed by atoms with Gasteiger partial charge in [-0.1, -0.05) is 37.6 Å². The molecule has 3 fully saturated rings. The van der Waals surface area contributed by atoms with Gasteiger partial charge in [-0.25, -0.2) is 4.79 Å². The summed E-state index contributed by atoms with van der Waals surface area (Å²) in [6, 6.07) is 9.15. The largest absolute Gasteiger partial charge is 0.496 e. The van der Waals surface area contributed by atoms with Gasteiger partial charge < -0.3 is 39.0 Å². The quantitative estimate of drug-likeness (QED) is 0.177. The standard InChI is InChI=1S/C47H60N4O9/c1-9-43(55)23-29-24-46(41(53)58-7,37-30(14-18-50(25-29)26-43)31-20-27(3)12-13-34(31)48-37)33-21-32-35(22-36(33)57-6)49(5)39-45(32)16-19-51-17-11-15-44(10-2,38(45)51)40(60-28(4)52)47(39,56)42(54)59-8/h11-13,15,20-22,29,38-40,48,55-56H,9-10,14,16-19,23-26H2,1-8H3/t29-,38-,39+,40+,43-,44+,45+,46?,47?/m0/s1. The molecule has 10 atom stereocenters. The number of anilines is 1. The lowest BCUT2D eigenvalue weighted by molar-refractivity contribution is -0.228. The van der Waals surface area contributed by atoms with Crippen molar-refractivity contribution in [2.45, 2.75) is 106 Å². The van der Waals surface area contributed by atoms with E-state index >= 15 is 4.79 Å². The molecule has 1 saturated carbocycles. The summed E-state index contributed by atoms with van der Waals surface area (Å²) in [5.41, 5.74) is -0.518. The maximum absolute atomic E-state index is 15.4. The Kier molecular flexibility index (Phi) is 9.59. The summed E-state index contributed by atoms with van der Waals surface area (Å²) >= 11 is 0. The van der Waals surface area contributed by atoms with Crippen LogP contribution in [0.5, 0.6) is 5.75 Å². The summed E-state index contributed by atoms with van der Waals surface area (Å²) in [6.07, 6.45) is 5.94. The summed E-state index contributed by atoms with van der Waals surface area (Å²) < 4.78 is 24.0. The Balaban J connectivity index is 1.37. The number of H-pyrrole nitrogens is 1. The van der Waals surface area contributed by atoms with Gasteiger partial charge in [0.1, 0.15) is 11.2 Å². The maximum atomic E-state index is 15.4. The molecule has 2 aromatic carbocycles. The average molecular weight is 825 g/mol. The van der Waals surface area contributed by atoms with Crippen LogP contribution < -0.4 is 9.64 Å². The Morgan fingerprint density at radius 3 is 2.40 bits per heavy atom. The molecule has 5 aliphatic heterocycles. The number of likely N-dealkylation sites (N-methyl/N-ethyl adjacent to an activating group) is 1. The third-order valence-electron chi connectivity index (χ3n) is 15.8. The third-order valence-corrected chi connectivity index (χ3v) is 15.8. The van der Waals surface area contributed by atoms with E-state index in [1.54, 1.807) is 7.11 Å². The minimum absolute atomic E-state index is 0.102. The maximum Gasteiger partial charge on any atom is 0.344 e. The van der Waals surface area contributed by atoms with Gasteiger partial charge in [-0.05, 0) is 87.2 Å². The zero-order chi connectivity index (χ0) is 42.7. The van der Waals surface area contributed by atoms with Crippen LogP contribution in [0.15, 0.2) is 42.5 Å². The molecule has 6 aliphatic rings. The Morgan fingerprint density at radius 1 is 0.950 bits per heavy atom. The first-order chi connectivity index (χ1) is 28.6. The number of piperidine rings is 1. The number of hydrogen-bond acceptors (Lipinski definition) is 12. The van der Waals surface area contributed by atoms with Crippen LogP contribution in [0.1, 0.15) is 80.8 Å². The first-order valence-corrected chi connectivity index (χ1v) is 21.6. The molecule has 60 heavy (non-hydrogen) atoms. The van der Waals surface area contributed by atoms with Crippen LogP contribution in [-0.4, -0.2) is 133 Å². The van der Waals surface area contributed by atoms with E-state index in [0.29, 0.717) is 82.6 Å². The van der Waals surface area contributed by atoms with Gasteiger partial charge in [0, 0.05) is 90.9 Å². The van der Waals surface area contributed by atoms with Crippen LogP contribution in [0.4, 0.5) is 5.69 Å². The van der Waals surface area contributed by atoms with Crippen molar-refractivity contribution in [3.8, 4) is 5.75 Å². The number of methoxy groups -OCH3 is 3. The minimum atomic E-state index is -2.30. The molecule has 1 spiro atoms. The molecule has 0 radical (unpaired) electrons. The number of rotatable bonds is 7. The first kappa shape index (κ1) is 40.9. The summed E-state index contributed by atoms with van der Waals surface area (Å²) in [5.74, 6) is -1.56. The van der Waals surface area contributed by atoms with Crippen molar-refractivity contribution < 1.29 is 43.5 Å². The van der Waals surface area contributed by atoms with Crippen molar-refractivity contribution in [2.75, 3.05) is 66.0 Å². The van der Waals surface area contributed by atoms with Gasteiger partial charge in [0.05, 0.1) is 33.0 Å². The third kappa shape index (κ3) is 5.27. The molecular formula is C47H60N4O9. The molecular weight excluding hydrogens is 765 g/mol. The Hall–Kier alpha value is -4.43. The van der Waals surface area contributed by atoms with Crippen LogP contribution in [0.25, 0.3) is 10.9 Å². The van der Waals surface area contributed by atoms with Crippen molar-refractivity contribution in [1.82, 2.24) is 14.8 Å². The smallest absolute Gasteiger partial charge is 0.344 e. The fraction of sp³-hybridized carbons (Fsp3) is 0.596. The van der Waals surface area contributed by atoms with E-state index in [9.17, 15) is 19.8 Å². The van der Waals surface area contributed by atoms with Crippen molar-refractivity contribution in [3.63, 3.8) is 0 Å².